The Morgan fingerprint density at radius 3 is 2.15 bits per heavy atom. The summed E-state index contributed by atoms with van der Waals surface area (Å²) in [4.78, 5) is 0. The van der Waals surface area contributed by atoms with Crippen molar-refractivity contribution in [3.8, 4) is 0 Å². The Morgan fingerprint density at radius 2 is 1.69 bits per heavy atom. The van der Waals surface area contributed by atoms with Crippen LogP contribution in [0.2, 0.25) is 0 Å². The molecular weight excluding hydrogens is 215 g/mol. The van der Waals surface area contributed by atoms with Crippen molar-refractivity contribution in [2.75, 3.05) is 5.75 Å². The van der Waals surface area contributed by atoms with E-state index in [1.807, 2.05) is 18.2 Å². The van der Waals surface area contributed by atoms with Crippen molar-refractivity contribution < 1.29 is 64.4 Å². The average molecular weight is 224 g/mol. The first kappa shape index (κ1) is 13.8. The van der Waals surface area contributed by atoms with Crippen LogP contribution in [-0.2, 0) is 16.5 Å². The Kier molecular flexibility index (Phi) is 6.66. The van der Waals surface area contributed by atoms with Gasteiger partial charge in [-0.05, 0) is 12.0 Å². The van der Waals surface area contributed by atoms with Crippen LogP contribution in [0.15, 0.2) is 30.3 Å². The standard InChI is InChI=1S/C8H10O3S.K/c9-12(10,11)7-6-8-4-2-1-3-5-8;/h1-5H,6-7H2,(H,9,10,11);/q;+1/p-1. The molecule has 5 heteroatoms. The van der Waals surface area contributed by atoms with Gasteiger partial charge < -0.3 is 4.55 Å². The van der Waals surface area contributed by atoms with Crippen LogP contribution in [0.1, 0.15) is 5.56 Å². The third kappa shape index (κ3) is 6.79. The molecule has 0 atom stereocenters. The molecular formula is C8H9KO3S. The van der Waals surface area contributed by atoms with E-state index in [-0.39, 0.29) is 57.1 Å². The van der Waals surface area contributed by atoms with E-state index in [2.05, 4.69) is 0 Å². The zero-order valence-corrected chi connectivity index (χ0v) is 11.4. The van der Waals surface area contributed by atoms with Gasteiger partial charge in [0.05, 0.1) is 10.1 Å². The van der Waals surface area contributed by atoms with E-state index in [1.54, 1.807) is 12.1 Å². The number of rotatable bonds is 3. The van der Waals surface area contributed by atoms with Gasteiger partial charge in [-0.25, -0.2) is 8.42 Å². The van der Waals surface area contributed by atoms with Gasteiger partial charge in [-0.2, -0.15) is 0 Å². The van der Waals surface area contributed by atoms with E-state index in [9.17, 15) is 13.0 Å². The molecule has 0 heterocycles. The predicted octanol–water partition coefficient (Wildman–Crippen LogP) is -2.22. The molecule has 0 amide bonds. The second-order valence-corrected chi connectivity index (χ2v) is 4.02. The molecule has 3 nitrogen and oxygen atoms in total. The third-order valence-electron chi connectivity index (χ3n) is 1.48. The van der Waals surface area contributed by atoms with Crippen LogP contribution in [0, 0.1) is 0 Å². The summed E-state index contributed by atoms with van der Waals surface area (Å²) in [6.45, 7) is 0. The van der Waals surface area contributed by atoms with E-state index in [0.29, 0.717) is 6.42 Å². The van der Waals surface area contributed by atoms with Crippen molar-refractivity contribution in [1.82, 2.24) is 0 Å². The largest absolute Gasteiger partial charge is 1.00 e. The van der Waals surface area contributed by atoms with Crippen LogP contribution in [0.25, 0.3) is 0 Å². The quantitative estimate of drug-likeness (QED) is 0.432. The molecule has 0 unspecified atom stereocenters. The minimum Gasteiger partial charge on any atom is -0.748 e. The van der Waals surface area contributed by atoms with Crippen molar-refractivity contribution in [1.29, 1.82) is 0 Å². The molecule has 0 radical (unpaired) electrons. The Hall–Kier alpha value is 0.766. The van der Waals surface area contributed by atoms with Crippen LogP contribution < -0.4 is 51.4 Å². The molecule has 0 saturated carbocycles. The number of hydrogen-bond donors (Lipinski definition) is 0. The van der Waals surface area contributed by atoms with E-state index >= 15 is 0 Å². The Bertz CT molecular complexity index is 334. The Labute approximate surface area is 121 Å². The summed E-state index contributed by atoms with van der Waals surface area (Å²) in [7, 11) is -4.07. The van der Waals surface area contributed by atoms with Gasteiger partial charge in [0.25, 0.3) is 0 Å². The summed E-state index contributed by atoms with van der Waals surface area (Å²) in [5.74, 6) is -0.322. The van der Waals surface area contributed by atoms with E-state index in [1.165, 1.54) is 0 Å². The summed E-state index contributed by atoms with van der Waals surface area (Å²) in [5.41, 5.74) is 0.872. The van der Waals surface area contributed by atoms with Gasteiger partial charge in [-0.3, -0.25) is 0 Å². The maximum Gasteiger partial charge on any atom is 1.00 e. The second kappa shape index (κ2) is 6.29. The fourth-order valence-corrected chi connectivity index (χ4v) is 1.37. The molecule has 0 N–H and O–H groups in total. The fourth-order valence-electron chi connectivity index (χ4n) is 0.888. The van der Waals surface area contributed by atoms with Gasteiger partial charge in [0.15, 0.2) is 0 Å². The van der Waals surface area contributed by atoms with Gasteiger partial charge in [0.2, 0.25) is 0 Å². The average Bonchev–Trinajstić information content (AvgIpc) is 2.02. The van der Waals surface area contributed by atoms with Gasteiger partial charge >= 0.3 is 51.4 Å². The molecule has 1 aromatic rings. The Balaban J connectivity index is 0.00000144. The zero-order valence-electron chi connectivity index (χ0n) is 7.43. The summed E-state index contributed by atoms with van der Waals surface area (Å²) < 4.78 is 30.7. The van der Waals surface area contributed by atoms with E-state index < -0.39 is 10.1 Å². The zero-order chi connectivity index (χ0) is 9.03. The van der Waals surface area contributed by atoms with E-state index in [0.717, 1.165) is 5.56 Å². The van der Waals surface area contributed by atoms with Crippen molar-refractivity contribution in [3.63, 3.8) is 0 Å². The van der Waals surface area contributed by atoms with E-state index in [4.69, 9.17) is 0 Å². The minimum atomic E-state index is -4.07. The summed E-state index contributed by atoms with van der Waals surface area (Å²) in [6.07, 6.45) is 0.298. The van der Waals surface area contributed by atoms with Gasteiger partial charge in [0.1, 0.15) is 0 Å². The van der Waals surface area contributed by atoms with Gasteiger partial charge in [0, 0.05) is 5.75 Å². The molecule has 66 valence electrons. The molecule has 0 bridgehead atoms. The molecule has 0 fully saturated rings. The predicted molar refractivity (Wildman–Crippen MR) is 44.7 cm³/mol. The number of benzene rings is 1. The van der Waals surface area contributed by atoms with Crippen LogP contribution >= 0.6 is 0 Å². The molecule has 0 aliphatic rings. The number of aryl methyl sites for hydroxylation is 1. The maximum atomic E-state index is 10.2. The third-order valence-corrected chi connectivity index (χ3v) is 2.19. The normalized spacial score (nSPS) is 10.5. The molecule has 1 aromatic carbocycles. The first-order valence-corrected chi connectivity index (χ1v) is 5.13. The molecule has 0 aromatic heterocycles. The molecule has 0 aliphatic heterocycles. The summed E-state index contributed by atoms with van der Waals surface area (Å²) in [5, 5.41) is 0. The smallest absolute Gasteiger partial charge is 0.748 e. The molecule has 13 heavy (non-hydrogen) atoms. The van der Waals surface area contributed by atoms with Gasteiger partial charge in [-0.1, -0.05) is 30.3 Å². The molecule has 0 saturated heterocycles. The van der Waals surface area contributed by atoms with Crippen LogP contribution in [0.4, 0.5) is 0 Å². The fraction of sp³-hybridized carbons (Fsp3) is 0.250. The van der Waals surface area contributed by atoms with Crippen molar-refractivity contribution in [3.05, 3.63) is 35.9 Å². The maximum absolute atomic E-state index is 10.2. The van der Waals surface area contributed by atoms with Crippen LogP contribution in [0.5, 0.6) is 0 Å². The first-order valence-electron chi connectivity index (χ1n) is 3.55. The number of hydrogen-bond acceptors (Lipinski definition) is 3. The molecule has 0 aliphatic carbocycles. The SMILES string of the molecule is O=S(=O)([O-])CCc1ccccc1.[K+]. The van der Waals surface area contributed by atoms with Crippen molar-refractivity contribution in [2.45, 2.75) is 6.42 Å². The first-order chi connectivity index (χ1) is 5.58. The van der Waals surface area contributed by atoms with Crippen LogP contribution in [-0.4, -0.2) is 18.7 Å². The minimum absolute atomic E-state index is 0. The topological polar surface area (TPSA) is 57.2 Å². The summed E-state index contributed by atoms with van der Waals surface area (Å²) >= 11 is 0. The van der Waals surface area contributed by atoms with Crippen molar-refractivity contribution >= 4 is 10.1 Å². The molecule has 1 rings (SSSR count). The summed E-state index contributed by atoms with van der Waals surface area (Å²) in [6, 6.07) is 9.06. The monoisotopic (exact) mass is 224 g/mol. The Morgan fingerprint density at radius 1 is 1.15 bits per heavy atom. The van der Waals surface area contributed by atoms with Crippen LogP contribution in [0.3, 0.4) is 0 Å². The molecule has 0 spiro atoms. The second-order valence-electron chi connectivity index (χ2n) is 2.50. The van der Waals surface area contributed by atoms with Gasteiger partial charge in [-0.15, -0.1) is 0 Å². The van der Waals surface area contributed by atoms with Crippen molar-refractivity contribution in [2.24, 2.45) is 0 Å².